The molecule has 3 heterocycles. The minimum atomic E-state index is -1.63. The van der Waals surface area contributed by atoms with E-state index < -0.39 is 5.67 Å². The van der Waals surface area contributed by atoms with Crippen LogP contribution in [0.5, 0.6) is 0 Å². The predicted octanol–water partition coefficient (Wildman–Crippen LogP) is 2.77. The van der Waals surface area contributed by atoms with Crippen LogP contribution in [0.2, 0.25) is 0 Å². The maximum atomic E-state index is 13.9. The summed E-state index contributed by atoms with van der Waals surface area (Å²) in [6.45, 7) is 1.98. The number of halogens is 2. The Kier molecular flexibility index (Phi) is 3.65. The Bertz CT molecular complexity index is 667. The second-order valence-corrected chi connectivity index (χ2v) is 6.27. The lowest BCUT2D eigenvalue weighted by atomic mass is 9.95. The lowest BCUT2D eigenvalue weighted by Gasteiger charge is -2.32. The zero-order valence-corrected chi connectivity index (χ0v) is 13.0. The Labute approximate surface area is 130 Å². The van der Waals surface area contributed by atoms with Crippen molar-refractivity contribution in [3.05, 3.63) is 33.8 Å². The van der Waals surface area contributed by atoms with Gasteiger partial charge in [-0.3, -0.25) is 9.30 Å². The summed E-state index contributed by atoms with van der Waals surface area (Å²) in [5.74, 6) is 0. The first-order chi connectivity index (χ1) is 9.61. The van der Waals surface area contributed by atoms with E-state index in [-0.39, 0.29) is 0 Å². The molecule has 104 valence electrons. The minimum Gasteiger partial charge on any atom is -0.299 e. The number of nitriles is 1. The zero-order valence-electron chi connectivity index (χ0n) is 10.9. The first-order valence-corrected chi connectivity index (χ1v) is 7.62. The molecule has 3 rings (SSSR count). The zero-order chi connectivity index (χ0) is 14.2. The number of hydrogen-bond acceptors (Lipinski definition) is 3. The SMILES string of the molecule is N#CC1(F)CCN(Cc2cccn3c(I)cnc23)CC1. The van der Waals surface area contributed by atoms with Crippen molar-refractivity contribution in [2.45, 2.75) is 25.1 Å². The van der Waals surface area contributed by atoms with Crippen molar-refractivity contribution in [1.82, 2.24) is 14.3 Å². The van der Waals surface area contributed by atoms with Crippen LogP contribution in [0.3, 0.4) is 0 Å². The van der Waals surface area contributed by atoms with Gasteiger partial charge in [0.15, 0.2) is 5.67 Å². The largest absolute Gasteiger partial charge is 0.299 e. The lowest BCUT2D eigenvalue weighted by Crippen LogP contribution is -2.40. The summed E-state index contributed by atoms with van der Waals surface area (Å²) in [6.07, 6.45) is 4.42. The second-order valence-electron chi connectivity index (χ2n) is 5.16. The van der Waals surface area contributed by atoms with E-state index in [1.54, 1.807) is 6.07 Å². The average Bonchev–Trinajstić information content (AvgIpc) is 2.85. The summed E-state index contributed by atoms with van der Waals surface area (Å²) in [4.78, 5) is 6.62. The van der Waals surface area contributed by atoms with E-state index in [2.05, 4.69) is 42.9 Å². The molecule has 0 aromatic carbocycles. The second kappa shape index (κ2) is 5.30. The molecular formula is C14H14FIN4. The number of fused-ring (bicyclic) bond motifs is 1. The van der Waals surface area contributed by atoms with Gasteiger partial charge in [-0.2, -0.15) is 5.26 Å². The van der Waals surface area contributed by atoms with Crippen LogP contribution in [0.1, 0.15) is 18.4 Å². The Hall–Kier alpha value is -1.20. The first kappa shape index (κ1) is 13.8. The van der Waals surface area contributed by atoms with Crippen LogP contribution in [0.15, 0.2) is 24.5 Å². The van der Waals surface area contributed by atoms with Crippen LogP contribution in [-0.4, -0.2) is 33.0 Å². The highest BCUT2D eigenvalue weighted by Gasteiger charge is 2.34. The summed E-state index contributed by atoms with van der Waals surface area (Å²) in [5.41, 5.74) is 0.457. The fourth-order valence-electron chi connectivity index (χ4n) is 2.58. The van der Waals surface area contributed by atoms with Crippen LogP contribution in [-0.2, 0) is 6.54 Å². The van der Waals surface area contributed by atoms with E-state index in [0.717, 1.165) is 21.5 Å². The number of rotatable bonds is 2. The number of pyridine rings is 1. The molecule has 1 saturated heterocycles. The molecular weight excluding hydrogens is 370 g/mol. The monoisotopic (exact) mass is 384 g/mol. The third-order valence-corrected chi connectivity index (χ3v) is 4.61. The average molecular weight is 384 g/mol. The van der Waals surface area contributed by atoms with Gasteiger partial charge < -0.3 is 0 Å². The van der Waals surface area contributed by atoms with Crippen molar-refractivity contribution >= 4 is 28.2 Å². The molecule has 20 heavy (non-hydrogen) atoms. The predicted molar refractivity (Wildman–Crippen MR) is 81.9 cm³/mol. The van der Waals surface area contributed by atoms with E-state index in [9.17, 15) is 4.39 Å². The van der Waals surface area contributed by atoms with Crippen molar-refractivity contribution in [3.63, 3.8) is 0 Å². The molecule has 0 amide bonds. The Morgan fingerprint density at radius 1 is 1.45 bits per heavy atom. The van der Waals surface area contributed by atoms with Gasteiger partial charge in [-0.15, -0.1) is 0 Å². The van der Waals surface area contributed by atoms with Gasteiger partial charge in [0, 0.05) is 44.2 Å². The van der Waals surface area contributed by atoms with Crippen LogP contribution < -0.4 is 0 Å². The summed E-state index contributed by atoms with van der Waals surface area (Å²) in [5, 5.41) is 8.81. The van der Waals surface area contributed by atoms with Gasteiger partial charge >= 0.3 is 0 Å². The van der Waals surface area contributed by atoms with Gasteiger partial charge in [-0.05, 0) is 28.7 Å². The fourth-order valence-corrected chi connectivity index (χ4v) is 3.11. The molecule has 0 atom stereocenters. The lowest BCUT2D eigenvalue weighted by molar-refractivity contribution is 0.0986. The van der Waals surface area contributed by atoms with Crippen LogP contribution in [0.25, 0.3) is 5.65 Å². The van der Waals surface area contributed by atoms with Gasteiger partial charge in [-0.25, -0.2) is 9.37 Å². The van der Waals surface area contributed by atoms with Gasteiger partial charge in [0.1, 0.15) is 15.4 Å². The maximum absolute atomic E-state index is 13.9. The number of nitrogens with zero attached hydrogens (tertiary/aromatic N) is 4. The molecule has 0 aliphatic carbocycles. The van der Waals surface area contributed by atoms with E-state index >= 15 is 0 Å². The smallest absolute Gasteiger partial charge is 0.198 e. The quantitative estimate of drug-likeness (QED) is 0.749. The van der Waals surface area contributed by atoms with Crippen molar-refractivity contribution in [3.8, 4) is 6.07 Å². The van der Waals surface area contributed by atoms with Crippen molar-refractivity contribution in [1.29, 1.82) is 5.26 Å². The Morgan fingerprint density at radius 3 is 2.90 bits per heavy atom. The Morgan fingerprint density at radius 2 is 2.20 bits per heavy atom. The molecule has 0 bridgehead atoms. The van der Waals surface area contributed by atoms with Crippen molar-refractivity contribution in [2.24, 2.45) is 0 Å². The third kappa shape index (κ3) is 2.52. The molecule has 6 heteroatoms. The highest BCUT2D eigenvalue weighted by Crippen LogP contribution is 2.27. The number of alkyl halides is 1. The molecule has 2 aromatic heterocycles. The molecule has 0 radical (unpaired) electrons. The molecule has 0 saturated carbocycles. The summed E-state index contributed by atoms with van der Waals surface area (Å²) >= 11 is 2.25. The number of piperidine rings is 1. The number of imidazole rings is 1. The van der Waals surface area contributed by atoms with Crippen LogP contribution in [0, 0.1) is 15.0 Å². The van der Waals surface area contributed by atoms with Gasteiger partial charge in [0.25, 0.3) is 0 Å². The van der Waals surface area contributed by atoms with Crippen LogP contribution in [0.4, 0.5) is 4.39 Å². The highest BCUT2D eigenvalue weighted by atomic mass is 127. The molecule has 0 unspecified atom stereocenters. The van der Waals surface area contributed by atoms with Gasteiger partial charge in [0.05, 0.1) is 6.20 Å². The summed E-state index contributed by atoms with van der Waals surface area (Å²) in [6, 6.07) is 5.85. The first-order valence-electron chi connectivity index (χ1n) is 6.54. The van der Waals surface area contributed by atoms with Gasteiger partial charge in [0.2, 0.25) is 0 Å². The molecule has 1 fully saturated rings. The standard InChI is InChI=1S/C14H14FIN4/c15-14(10-17)3-6-19(7-4-14)9-11-2-1-5-20-12(16)8-18-13(11)20/h1-2,5,8H,3-4,6-7,9H2. The summed E-state index contributed by atoms with van der Waals surface area (Å²) in [7, 11) is 0. The topological polar surface area (TPSA) is 44.3 Å². The number of aromatic nitrogens is 2. The van der Waals surface area contributed by atoms with E-state index in [1.165, 1.54) is 0 Å². The molecule has 0 N–H and O–H groups in total. The van der Waals surface area contributed by atoms with E-state index in [1.807, 2.05) is 18.5 Å². The molecule has 1 aliphatic heterocycles. The third-order valence-electron chi connectivity index (χ3n) is 3.81. The number of hydrogen-bond donors (Lipinski definition) is 0. The van der Waals surface area contributed by atoms with Crippen molar-refractivity contribution in [2.75, 3.05) is 13.1 Å². The Balaban J connectivity index is 1.77. The number of likely N-dealkylation sites (tertiary alicyclic amines) is 1. The van der Waals surface area contributed by atoms with E-state index in [4.69, 9.17) is 5.26 Å². The maximum Gasteiger partial charge on any atom is 0.198 e. The molecule has 2 aromatic rings. The van der Waals surface area contributed by atoms with Crippen molar-refractivity contribution < 1.29 is 4.39 Å². The minimum absolute atomic E-state index is 0.290. The molecule has 1 aliphatic rings. The highest BCUT2D eigenvalue weighted by molar-refractivity contribution is 14.1. The normalized spacial score (nSPS) is 19.1. The summed E-state index contributed by atoms with van der Waals surface area (Å²) < 4.78 is 17.0. The fraction of sp³-hybridized carbons (Fsp3) is 0.429. The van der Waals surface area contributed by atoms with Crippen LogP contribution >= 0.6 is 22.6 Å². The molecule has 4 nitrogen and oxygen atoms in total. The van der Waals surface area contributed by atoms with E-state index in [0.29, 0.717) is 25.9 Å². The molecule has 0 spiro atoms. The van der Waals surface area contributed by atoms with Gasteiger partial charge in [-0.1, -0.05) is 6.07 Å².